The van der Waals surface area contributed by atoms with Crippen LogP contribution >= 0.6 is 0 Å². The van der Waals surface area contributed by atoms with Gasteiger partial charge in [-0.3, -0.25) is 14.7 Å². The van der Waals surface area contributed by atoms with Crippen LogP contribution in [0, 0.1) is 5.92 Å². The lowest BCUT2D eigenvalue weighted by molar-refractivity contribution is -0.127. The van der Waals surface area contributed by atoms with Crippen molar-refractivity contribution in [3.8, 4) is 0 Å². The molecule has 6 heteroatoms. The van der Waals surface area contributed by atoms with E-state index in [9.17, 15) is 4.79 Å². The number of aliphatic imine (C=N–C) groups is 1. The zero-order chi connectivity index (χ0) is 18.8. The van der Waals surface area contributed by atoms with Crippen LogP contribution in [0.25, 0.3) is 0 Å². The molecule has 1 unspecified atom stereocenters. The SMILES string of the molecule is CCNC(=NCC(CC(C)C)N1CCCC1)NCCCN1CCCC1=O. The van der Waals surface area contributed by atoms with Crippen molar-refractivity contribution >= 4 is 11.9 Å². The van der Waals surface area contributed by atoms with Crippen LogP contribution in [0.4, 0.5) is 0 Å². The molecule has 150 valence electrons. The number of carbonyl (C=O) groups excluding carboxylic acids is 1. The number of guanidine groups is 1. The molecule has 2 saturated heterocycles. The van der Waals surface area contributed by atoms with Crippen molar-refractivity contribution in [3.63, 3.8) is 0 Å². The minimum absolute atomic E-state index is 0.313. The minimum atomic E-state index is 0.313. The summed E-state index contributed by atoms with van der Waals surface area (Å²) in [5, 5.41) is 6.80. The molecule has 1 amide bonds. The summed E-state index contributed by atoms with van der Waals surface area (Å²) in [5.41, 5.74) is 0. The van der Waals surface area contributed by atoms with Gasteiger partial charge in [0.1, 0.15) is 0 Å². The number of nitrogens with zero attached hydrogens (tertiary/aromatic N) is 3. The Morgan fingerprint density at radius 3 is 2.54 bits per heavy atom. The van der Waals surface area contributed by atoms with Crippen LogP contribution in [-0.2, 0) is 4.79 Å². The fourth-order valence-electron chi connectivity index (χ4n) is 3.95. The number of hydrogen-bond acceptors (Lipinski definition) is 3. The predicted octanol–water partition coefficient (Wildman–Crippen LogP) is 2.06. The standard InChI is InChI=1S/C20H39N5O/c1-4-21-20(22-10-8-14-25-13-7-9-19(25)26)23-16-18(15-17(2)3)24-11-5-6-12-24/h17-18H,4-16H2,1-3H3,(H2,21,22,23). The van der Waals surface area contributed by atoms with E-state index in [2.05, 4.69) is 36.3 Å². The van der Waals surface area contributed by atoms with Crippen molar-refractivity contribution in [1.29, 1.82) is 0 Å². The van der Waals surface area contributed by atoms with Crippen LogP contribution in [0.5, 0.6) is 0 Å². The first kappa shape index (κ1) is 21.0. The van der Waals surface area contributed by atoms with Gasteiger partial charge in [0, 0.05) is 38.6 Å². The Hall–Kier alpha value is -1.30. The van der Waals surface area contributed by atoms with E-state index in [4.69, 9.17) is 4.99 Å². The summed E-state index contributed by atoms with van der Waals surface area (Å²) in [6.07, 6.45) is 6.57. The van der Waals surface area contributed by atoms with Crippen LogP contribution < -0.4 is 10.6 Å². The van der Waals surface area contributed by atoms with Crippen LogP contribution in [0.2, 0.25) is 0 Å². The molecule has 0 radical (unpaired) electrons. The summed E-state index contributed by atoms with van der Waals surface area (Å²) in [4.78, 5) is 21.1. The van der Waals surface area contributed by atoms with Gasteiger partial charge in [-0.15, -0.1) is 0 Å². The van der Waals surface area contributed by atoms with Crippen molar-refractivity contribution in [2.45, 2.75) is 65.3 Å². The van der Waals surface area contributed by atoms with Crippen molar-refractivity contribution in [2.75, 3.05) is 45.8 Å². The lowest BCUT2D eigenvalue weighted by atomic mass is 10.0. The number of carbonyl (C=O) groups is 1. The highest BCUT2D eigenvalue weighted by Gasteiger charge is 2.22. The second-order valence-corrected chi connectivity index (χ2v) is 8.01. The molecule has 2 heterocycles. The number of rotatable bonds is 10. The highest BCUT2D eigenvalue weighted by molar-refractivity contribution is 5.79. The van der Waals surface area contributed by atoms with Crippen LogP contribution in [0.3, 0.4) is 0 Å². The van der Waals surface area contributed by atoms with Gasteiger partial charge in [0.05, 0.1) is 6.54 Å². The first-order valence-corrected chi connectivity index (χ1v) is 10.6. The average Bonchev–Trinajstić information content (AvgIpc) is 3.27. The Balaban J connectivity index is 1.78. The molecule has 26 heavy (non-hydrogen) atoms. The molecule has 2 aliphatic heterocycles. The number of nitrogens with one attached hydrogen (secondary N) is 2. The quantitative estimate of drug-likeness (QED) is 0.353. The van der Waals surface area contributed by atoms with E-state index in [0.29, 0.717) is 17.9 Å². The zero-order valence-corrected chi connectivity index (χ0v) is 17.1. The maximum atomic E-state index is 11.7. The molecule has 0 aromatic carbocycles. The lowest BCUT2D eigenvalue weighted by Crippen LogP contribution is -2.41. The summed E-state index contributed by atoms with van der Waals surface area (Å²) in [6, 6.07) is 0.551. The first-order chi connectivity index (χ1) is 12.6. The molecule has 0 bridgehead atoms. The highest BCUT2D eigenvalue weighted by atomic mass is 16.2. The van der Waals surface area contributed by atoms with Gasteiger partial charge >= 0.3 is 0 Å². The topological polar surface area (TPSA) is 60.0 Å². The van der Waals surface area contributed by atoms with E-state index in [1.807, 2.05) is 4.90 Å². The third-order valence-electron chi connectivity index (χ3n) is 5.27. The van der Waals surface area contributed by atoms with Gasteiger partial charge in [-0.1, -0.05) is 13.8 Å². The fourth-order valence-corrected chi connectivity index (χ4v) is 3.95. The van der Waals surface area contributed by atoms with Gasteiger partial charge in [0.2, 0.25) is 5.91 Å². The van der Waals surface area contributed by atoms with Gasteiger partial charge < -0.3 is 15.5 Å². The molecule has 6 nitrogen and oxygen atoms in total. The van der Waals surface area contributed by atoms with E-state index in [1.165, 1.54) is 32.4 Å². The Kier molecular flexibility index (Phi) is 9.23. The summed E-state index contributed by atoms with van der Waals surface area (Å²) in [6.45, 7) is 13.5. The molecule has 2 fully saturated rings. The van der Waals surface area contributed by atoms with Crippen LogP contribution in [-0.4, -0.2) is 73.5 Å². The fraction of sp³-hybridized carbons (Fsp3) is 0.900. The van der Waals surface area contributed by atoms with Crippen LogP contribution in [0.15, 0.2) is 4.99 Å². The van der Waals surface area contributed by atoms with Gasteiger partial charge in [0.15, 0.2) is 5.96 Å². The number of hydrogen-bond donors (Lipinski definition) is 2. The Bertz CT molecular complexity index is 445. The molecule has 0 aromatic rings. The molecule has 0 saturated carbocycles. The molecule has 0 spiro atoms. The second-order valence-electron chi connectivity index (χ2n) is 8.01. The molecule has 0 aliphatic carbocycles. The van der Waals surface area contributed by atoms with Crippen molar-refractivity contribution < 1.29 is 4.79 Å². The lowest BCUT2D eigenvalue weighted by Gasteiger charge is -2.28. The molecule has 2 aliphatic rings. The van der Waals surface area contributed by atoms with Gasteiger partial charge in [-0.2, -0.15) is 0 Å². The van der Waals surface area contributed by atoms with Crippen molar-refractivity contribution in [2.24, 2.45) is 10.9 Å². The maximum absolute atomic E-state index is 11.7. The predicted molar refractivity (Wildman–Crippen MR) is 108 cm³/mol. The van der Waals surface area contributed by atoms with E-state index in [0.717, 1.165) is 57.9 Å². The number of likely N-dealkylation sites (tertiary alicyclic amines) is 2. The van der Waals surface area contributed by atoms with Gasteiger partial charge in [-0.05, 0) is 58.0 Å². The normalized spacial score (nSPS) is 20.2. The highest BCUT2D eigenvalue weighted by Crippen LogP contribution is 2.18. The first-order valence-electron chi connectivity index (χ1n) is 10.6. The summed E-state index contributed by atoms with van der Waals surface area (Å²) in [7, 11) is 0. The Labute approximate surface area is 159 Å². The van der Waals surface area contributed by atoms with Crippen LogP contribution in [0.1, 0.15) is 59.3 Å². The molecular weight excluding hydrogens is 326 g/mol. The van der Waals surface area contributed by atoms with E-state index in [1.54, 1.807) is 0 Å². The van der Waals surface area contributed by atoms with Gasteiger partial charge in [-0.25, -0.2) is 0 Å². The molecule has 0 aromatic heterocycles. The van der Waals surface area contributed by atoms with E-state index >= 15 is 0 Å². The Morgan fingerprint density at radius 1 is 1.15 bits per heavy atom. The third kappa shape index (κ3) is 7.14. The second kappa shape index (κ2) is 11.4. The largest absolute Gasteiger partial charge is 0.357 e. The molecular formula is C20H39N5O. The van der Waals surface area contributed by atoms with Gasteiger partial charge in [0.25, 0.3) is 0 Å². The summed E-state index contributed by atoms with van der Waals surface area (Å²) < 4.78 is 0. The summed E-state index contributed by atoms with van der Waals surface area (Å²) in [5.74, 6) is 1.92. The van der Waals surface area contributed by atoms with Crippen molar-refractivity contribution in [3.05, 3.63) is 0 Å². The monoisotopic (exact) mass is 365 g/mol. The Morgan fingerprint density at radius 2 is 1.92 bits per heavy atom. The molecule has 2 N–H and O–H groups in total. The van der Waals surface area contributed by atoms with Crippen molar-refractivity contribution in [1.82, 2.24) is 20.4 Å². The summed E-state index contributed by atoms with van der Waals surface area (Å²) >= 11 is 0. The third-order valence-corrected chi connectivity index (χ3v) is 5.27. The van der Waals surface area contributed by atoms with E-state index in [-0.39, 0.29) is 0 Å². The smallest absolute Gasteiger partial charge is 0.222 e. The molecule has 2 rings (SSSR count). The van der Waals surface area contributed by atoms with E-state index < -0.39 is 0 Å². The zero-order valence-electron chi connectivity index (χ0n) is 17.1. The minimum Gasteiger partial charge on any atom is -0.357 e. The number of amides is 1. The maximum Gasteiger partial charge on any atom is 0.222 e. The molecule has 1 atom stereocenters. The average molecular weight is 366 g/mol.